The summed E-state index contributed by atoms with van der Waals surface area (Å²) in [5.74, 6) is 0.589. The van der Waals surface area contributed by atoms with Crippen molar-refractivity contribution in [1.29, 1.82) is 0 Å². The number of epoxide rings is 1. The molecule has 2 saturated heterocycles. The van der Waals surface area contributed by atoms with E-state index in [2.05, 4.69) is 0 Å². The first kappa shape index (κ1) is 5.68. The van der Waals surface area contributed by atoms with E-state index in [-0.39, 0.29) is 18.0 Å². The summed E-state index contributed by atoms with van der Waals surface area (Å²) >= 11 is 0. The van der Waals surface area contributed by atoms with Crippen LogP contribution in [0.15, 0.2) is 0 Å². The van der Waals surface area contributed by atoms with Gasteiger partial charge in [0.05, 0.1) is 23.7 Å². The largest absolute Gasteiger partial charge is 0.368 e. The second-order valence-corrected chi connectivity index (χ2v) is 4.84. The highest BCUT2D eigenvalue weighted by atomic mass is 32.2. The molecule has 3 nitrogen and oxygen atoms in total. The van der Waals surface area contributed by atoms with Gasteiger partial charge in [0.15, 0.2) is 9.84 Å². The molecule has 0 amide bonds. The summed E-state index contributed by atoms with van der Waals surface area (Å²) < 4.78 is 26.6. The van der Waals surface area contributed by atoms with E-state index in [0.717, 1.165) is 0 Å². The maximum absolute atomic E-state index is 10.8. The molecule has 0 N–H and O–H groups in total. The Hall–Kier alpha value is -0.0900. The number of hydrogen-bond acceptors (Lipinski definition) is 3. The lowest BCUT2D eigenvalue weighted by atomic mass is 10.3. The van der Waals surface area contributed by atoms with Crippen molar-refractivity contribution in [2.75, 3.05) is 11.5 Å². The number of hydrogen-bond donors (Lipinski definition) is 0. The Morgan fingerprint density at radius 3 is 2.67 bits per heavy atom. The molecule has 2 heterocycles. The van der Waals surface area contributed by atoms with Crippen molar-refractivity contribution in [3.8, 4) is 0 Å². The molecular formula is C5H8O3S. The highest BCUT2D eigenvalue weighted by molar-refractivity contribution is 7.91. The topological polar surface area (TPSA) is 46.7 Å². The van der Waals surface area contributed by atoms with E-state index in [9.17, 15) is 8.42 Å². The van der Waals surface area contributed by atoms with Crippen molar-refractivity contribution >= 4 is 9.84 Å². The van der Waals surface area contributed by atoms with Gasteiger partial charge in [0, 0.05) is 0 Å². The minimum Gasteiger partial charge on any atom is -0.368 e. The van der Waals surface area contributed by atoms with Crippen LogP contribution in [0.2, 0.25) is 0 Å². The number of sulfone groups is 1. The van der Waals surface area contributed by atoms with E-state index in [4.69, 9.17) is 4.74 Å². The van der Waals surface area contributed by atoms with Gasteiger partial charge in [0.2, 0.25) is 0 Å². The summed E-state index contributed by atoms with van der Waals surface area (Å²) in [6.07, 6.45) is 1.06. The molecule has 0 aromatic carbocycles. The van der Waals surface area contributed by atoms with Gasteiger partial charge in [-0.2, -0.15) is 0 Å². The first-order chi connectivity index (χ1) is 4.17. The molecule has 0 aromatic rings. The average Bonchev–Trinajstić information content (AvgIpc) is 2.41. The highest BCUT2D eigenvalue weighted by Crippen LogP contribution is 2.31. The van der Waals surface area contributed by atoms with Crippen molar-refractivity contribution in [2.24, 2.45) is 0 Å². The molecule has 0 aliphatic carbocycles. The first-order valence-electron chi connectivity index (χ1n) is 3.03. The minimum atomic E-state index is -2.72. The van der Waals surface area contributed by atoms with Crippen molar-refractivity contribution < 1.29 is 13.2 Å². The number of rotatable bonds is 0. The molecule has 2 aliphatic rings. The van der Waals surface area contributed by atoms with Crippen LogP contribution in [0.25, 0.3) is 0 Å². The zero-order valence-corrected chi connectivity index (χ0v) is 5.73. The lowest BCUT2D eigenvalue weighted by Gasteiger charge is -2.04. The molecule has 0 radical (unpaired) electrons. The van der Waals surface area contributed by atoms with Gasteiger partial charge in [-0.15, -0.1) is 0 Å². The maximum Gasteiger partial charge on any atom is 0.153 e. The summed E-state index contributed by atoms with van der Waals surface area (Å²) in [4.78, 5) is 0. The molecule has 0 saturated carbocycles. The van der Waals surface area contributed by atoms with Gasteiger partial charge >= 0.3 is 0 Å². The fourth-order valence-electron chi connectivity index (χ4n) is 1.21. The van der Waals surface area contributed by atoms with E-state index in [1.54, 1.807) is 0 Å². The van der Waals surface area contributed by atoms with Gasteiger partial charge in [-0.1, -0.05) is 0 Å². The fraction of sp³-hybridized carbons (Fsp3) is 1.00. The second kappa shape index (κ2) is 1.49. The second-order valence-electron chi connectivity index (χ2n) is 2.62. The zero-order chi connectivity index (χ0) is 6.48. The lowest BCUT2D eigenvalue weighted by Crippen LogP contribution is -2.23. The molecule has 2 aliphatic heterocycles. The van der Waals surface area contributed by atoms with Crippen LogP contribution < -0.4 is 0 Å². The Morgan fingerprint density at radius 1 is 1.33 bits per heavy atom. The molecule has 52 valence electrons. The molecule has 0 unspecified atom stereocenters. The molecule has 9 heavy (non-hydrogen) atoms. The van der Waals surface area contributed by atoms with Crippen molar-refractivity contribution in [3.05, 3.63) is 0 Å². The van der Waals surface area contributed by atoms with E-state index >= 15 is 0 Å². The maximum atomic E-state index is 10.8. The molecule has 2 fully saturated rings. The third-order valence-corrected chi connectivity index (χ3v) is 3.51. The zero-order valence-electron chi connectivity index (χ0n) is 4.91. The molecule has 0 bridgehead atoms. The van der Waals surface area contributed by atoms with E-state index in [1.807, 2.05) is 0 Å². The molecular weight excluding hydrogens is 140 g/mol. The summed E-state index contributed by atoms with van der Waals surface area (Å²) in [5, 5.41) is 0. The van der Waals surface area contributed by atoms with Crippen molar-refractivity contribution in [1.82, 2.24) is 0 Å². The summed E-state index contributed by atoms with van der Waals surface area (Å²) in [6.45, 7) is 0. The van der Waals surface area contributed by atoms with Gasteiger partial charge in [0.25, 0.3) is 0 Å². The van der Waals surface area contributed by atoms with Gasteiger partial charge in [-0.05, 0) is 6.42 Å². The summed E-state index contributed by atoms with van der Waals surface area (Å²) in [5.41, 5.74) is 0. The fourth-order valence-corrected chi connectivity index (χ4v) is 2.76. The standard InChI is InChI=1S/C5H8O3S/c6-9(7)2-1-4-5(3-9)8-4/h4-5H,1-3H2/t4-,5-/m1/s1. The van der Waals surface area contributed by atoms with Crippen LogP contribution in [0.4, 0.5) is 0 Å². The van der Waals surface area contributed by atoms with Crippen LogP contribution in [0.3, 0.4) is 0 Å². The van der Waals surface area contributed by atoms with Crippen LogP contribution in [0, 0.1) is 0 Å². The smallest absolute Gasteiger partial charge is 0.153 e. The van der Waals surface area contributed by atoms with E-state index < -0.39 is 9.84 Å². The van der Waals surface area contributed by atoms with Gasteiger partial charge in [0.1, 0.15) is 0 Å². The van der Waals surface area contributed by atoms with Gasteiger partial charge < -0.3 is 4.74 Å². The van der Waals surface area contributed by atoms with E-state index in [1.165, 1.54) is 0 Å². The Kier molecular flexibility index (Phi) is 0.941. The van der Waals surface area contributed by atoms with Crippen LogP contribution in [-0.4, -0.2) is 32.1 Å². The Balaban J connectivity index is 2.18. The van der Waals surface area contributed by atoms with Crippen LogP contribution in [-0.2, 0) is 14.6 Å². The molecule has 0 aromatic heterocycles. The van der Waals surface area contributed by atoms with Gasteiger partial charge in [-0.3, -0.25) is 0 Å². The summed E-state index contributed by atoms with van der Waals surface area (Å²) in [7, 11) is -2.72. The normalized spacial score (nSPS) is 45.8. The molecule has 2 rings (SSSR count). The minimum absolute atomic E-state index is 0.0590. The SMILES string of the molecule is O=S1(=O)CC[C@H]2O[C@@H]2C1. The van der Waals surface area contributed by atoms with Gasteiger partial charge in [-0.25, -0.2) is 8.42 Å². The van der Waals surface area contributed by atoms with Crippen molar-refractivity contribution in [2.45, 2.75) is 18.6 Å². The van der Waals surface area contributed by atoms with Crippen LogP contribution >= 0.6 is 0 Å². The Bertz CT molecular complexity index is 218. The highest BCUT2D eigenvalue weighted by Gasteiger charge is 2.46. The quantitative estimate of drug-likeness (QED) is 0.438. The Labute approximate surface area is 53.9 Å². The predicted molar refractivity (Wildman–Crippen MR) is 31.9 cm³/mol. The third kappa shape index (κ3) is 0.966. The molecule has 0 spiro atoms. The molecule has 2 atom stereocenters. The first-order valence-corrected chi connectivity index (χ1v) is 4.85. The predicted octanol–water partition coefficient (Wildman–Crippen LogP) is -0.428. The van der Waals surface area contributed by atoms with Crippen LogP contribution in [0.5, 0.6) is 0 Å². The van der Waals surface area contributed by atoms with Crippen molar-refractivity contribution in [3.63, 3.8) is 0 Å². The Morgan fingerprint density at radius 2 is 2.11 bits per heavy atom. The average molecular weight is 148 g/mol. The number of ether oxygens (including phenoxy) is 1. The number of fused-ring (bicyclic) bond motifs is 1. The van der Waals surface area contributed by atoms with E-state index in [0.29, 0.717) is 12.2 Å². The monoisotopic (exact) mass is 148 g/mol. The molecule has 4 heteroatoms. The summed E-state index contributed by atoms with van der Waals surface area (Å²) in [6, 6.07) is 0. The third-order valence-electron chi connectivity index (χ3n) is 1.82. The lowest BCUT2D eigenvalue weighted by molar-refractivity contribution is 0.380. The van der Waals surface area contributed by atoms with Crippen LogP contribution in [0.1, 0.15) is 6.42 Å².